The average molecular weight is 532 g/mol. The van der Waals surface area contributed by atoms with Crippen LogP contribution in [0, 0.1) is 5.92 Å². The second-order valence-electron chi connectivity index (χ2n) is 11.0. The van der Waals surface area contributed by atoms with E-state index in [9.17, 15) is 8.78 Å². The van der Waals surface area contributed by atoms with E-state index in [1.807, 2.05) is 30.0 Å². The fraction of sp³-hybridized carbons (Fsp3) is 0.633. The zero-order valence-electron chi connectivity index (χ0n) is 22.9. The molecule has 0 amide bonds. The minimum absolute atomic E-state index is 0.00171. The summed E-state index contributed by atoms with van der Waals surface area (Å²) in [6.07, 6.45) is 5.68. The van der Waals surface area contributed by atoms with Crippen LogP contribution in [0.5, 0.6) is 0 Å². The Balaban J connectivity index is 1.47. The van der Waals surface area contributed by atoms with Crippen molar-refractivity contribution in [1.82, 2.24) is 14.8 Å². The van der Waals surface area contributed by atoms with E-state index in [1.165, 1.54) is 5.57 Å². The number of pyridine rings is 1. The van der Waals surface area contributed by atoms with Crippen LogP contribution in [-0.2, 0) is 9.47 Å². The van der Waals surface area contributed by atoms with Gasteiger partial charge in [0.2, 0.25) is 0 Å². The number of ether oxygens (including phenoxy) is 2. The van der Waals surface area contributed by atoms with Crippen molar-refractivity contribution >= 4 is 0 Å². The fourth-order valence-corrected chi connectivity index (χ4v) is 6.19. The Kier molecular flexibility index (Phi) is 9.96. The number of alkyl halides is 2. The Morgan fingerprint density at radius 3 is 2.84 bits per heavy atom. The monoisotopic (exact) mass is 531 g/mol. The van der Waals surface area contributed by atoms with Crippen molar-refractivity contribution in [1.29, 1.82) is 0 Å². The highest BCUT2D eigenvalue weighted by Crippen LogP contribution is 2.37. The lowest BCUT2D eigenvalue weighted by molar-refractivity contribution is -0.0974. The molecule has 3 unspecified atom stereocenters. The largest absolute Gasteiger partial charge is 0.495 e. The molecule has 4 rings (SSSR count). The second-order valence-corrected chi connectivity index (χ2v) is 11.0. The number of allylic oxidation sites excluding steroid dienone is 4. The lowest BCUT2D eigenvalue weighted by Gasteiger charge is -2.41. The van der Waals surface area contributed by atoms with Gasteiger partial charge in [-0.25, -0.2) is 8.78 Å². The molecule has 3 aliphatic rings. The Hall–Kier alpha value is -2.29. The molecule has 1 aliphatic carbocycles. The molecule has 0 saturated carbocycles. The predicted molar refractivity (Wildman–Crippen MR) is 145 cm³/mol. The molecule has 8 heteroatoms. The van der Waals surface area contributed by atoms with E-state index in [-0.39, 0.29) is 25.0 Å². The molecule has 38 heavy (non-hydrogen) atoms. The molecule has 6 nitrogen and oxygen atoms in total. The average Bonchev–Trinajstić information content (AvgIpc) is 3.09. The van der Waals surface area contributed by atoms with Gasteiger partial charge in [0.15, 0.2) is 0 Å². The normalized spacial score (nSPS) is 27.6. The van der Waals surface area contributed by atoms with Gasteiger partial charge in [0.05, 0.1) is 25.4 Å². The Bertz CT molecular complexity index is 1000. The van der Waals surface area contributed by atoms with Gasteiger partial charge < -0.3 is 19.5 Å². The van der Waals surface area contributed by atoms with Crippen LogP contribution in [0.25, 0.3) is 0 Å². The van der Waals surface area contributed by atoms with Crippen LogP contribution in [0.15, 0.2) is 59.7 Å². The van der Waals surface area contributed by atoms with Crippen molar-refractivity contribution in [3.63, 3.8) is 0 Å². The van der Waals surface area contributed by atoms with Gasteiger partial charge in [-0.1, -0.05) is 25.6 Å². The van der Waals surface area contributed by atoms with Gasteiger partial charge in [-0.2, -0.15) is 0 Å². The number of halogens is 2. The summed E-state index contributed by atoms with van der Waals surface area (Å²) in [6.45, 7) is 12.1. The van der Waals surface area contributed by atoms with Crippen LogP contribution in [0.2, 0.25) is 0 Å². The summed E-state index contributed by atoms with van der Waals surface area (Å²) >= 11 is 0. The maximum Gasteiger partial charge on any atom is 0.251 e. The van der Waals surface area contributed by atoms with E-state index in [4.69, 9.17) is 14.6 Å². The molecular formula is C30H43F2N3O3. The molecule has 0 bridgehead atoms. The number of hydrogen-bond acceptors (Lipinski definition) is 6. The second kappa shape index (κ2) is 13.2. The highest BCUT2D eigenvalue weighted by molar-refractivity contribution is 5.40. The van der Waals surface area contributed by atoms with Gasteiger partial charge in [-0.05, 0) is 68.9 Å². The molecule has 2 aliphatic heterocycles. The van der Waals surface area contributed by atoms with Crippen molar-refractivity contribution in [2.24, 2.45) is 5.92 Å². The van der Waals surface area contributed by atoms with Gasteiger partial charge in [0.25, 0.3) is 6.43 Å². The summed E-state index contributed by atoms with van der Waals surface area (Å²) in [7, 11) is 0. The van der Waals surface area contributed by atoms with Crippen molar-refractivity contribution in [3.05, 3.63) is 65.3 Å². The number of hydrogen-bond donors (Lipinski definition) is 1. The molecule has 1 spiro atoms. The van der Waals surface area contributed by atoms with E-state index in [0.717, 1.165) is 67.9 Å². The maximum atomic E-state index is 13.5. The van der Waals surface area contributed by atoms with E-state index in [1.54, 1.807) is 6.20 Å². The smallest absolute Gasteiger partial charge is 0.251 e. The summed E-state index contributed by atoms with van der Waals surface area (Å²) in [5.41, 5.74) is 3.80. The standard InChI is InChI=1S/C30H43F2N3O3/c1-22-17-26(18-23(2)29(22)37-16-15-36)24(3)35-12-6-9-30(10-14-35)21-34(19-28(31)32)13-8-25(20-38-30)27-7-4-5-11-33-27/h4-5,7,11,17,23,25,28,36H,3,6,8-10,12-16,18-21H2,1-2H3. The van der Waals surface area contributed by atoms with Gasteiger partial charge in [-0.15, -0.1) is 0 Å². The molecule has 1 N–H and O–H groups in total. The number of rotatable bonds is 8. The van der Waals surface area contributed by atoms with E-state index >= 15 is 0 Å². The number of likely N-dealkylation sites (tertiary alicyclic amines) is 1. The molecule has 0 aromatic carbocycles. The first-order chi connectivity index (χ1) is 18.3. The summed E-state index contributed by atoms with van der Waals surface area (Å²) in [5, 5.41) is 9.14. The summed E-state index contributed by atoms with van der Waals surface area (Å²) in [4.78, 5) is 8.78. The number of nitrogens with zero attached hydrogens (tertiary/aromatic N) is 3. The van der Waals surface area contributed by atoms with Crippen LogP contribution in [0.3, 0.4) is 0 Å². The highest BCUT2D eigenvalue weighted by atomic mass is 19.3. The zero-order chi connectivity index (χ0) is 27.1. The third-order valence-corrected chi connectivity index (χ3v) is 8.15. The lowest BCUT2D eigenvalue weighted by atomic mass is 9.88. The van der Waals surface area contributed by atoms with Gasteiger partial charge in [0, 0.05) is 49.1 Å². The molecule has 1 aromatic heterocycles. The van der Waals surface area contributed by atoms with Crippen molar-refractivity contribution < 1.29 is 23.4 Å². The van der Waals surface area contributed by atoms with Crippen molar-refractivity contribution in [2.75, 3.05) is 52.5 Å². The zero-order valence-corrected chi connectivity index (χ0v) is 22.9. The fourth-order valence-electron chi connectivity index (χ4n) is 6.19. The topological polar surface area (TPSA) is 58.1 Å². The van der Waals surface area contributed by atoms with E-state index in [2.05, 4.69) is 29.5 Å². The number of aliphatic hydroxyl groups is 1. The van der Waals surface area contributed by atoms with Crippen LogP contribution in [0.4, 0.5) is 8.78 Å². The first-order valence-electron chi connectivity index (χ1n) is 13.9. The van der Waals surface area contributed by atoms with Crippen LogP contribution in [-0.4, -0.2) is 84.5 Å². The quantitative estimate of drug-likeness (QED) is 0.501. The molecular weight excluding hydrogens is 488 g/mol. The molecule has 1 aromatic rings. The molecule has 2 saturated heterocycles. The minimum Gasteiger partial charge on any atom is -0.495 e. The van der Waals surface area contributed by atoms with Gasteiger partial charge in [-0.3, -0.25) is 9.88 Å². The Morgan fingerprint density at radius 2 is 2.13 bits per heavy atom. The predicted octanol–water partition coefficient (Wildman–Crippen LogP) is 5.14. The molecule has 210 valence electrons. The number of aliphatic hydroxyl groups excluding tert-OH is 1. The maximum absolute atomic E-state index is 13.5. The van der Waals surface area contributed by atoms with E-state index in [0.29, 0.717) is 26.3 Å². The third-order valence-electron chi connectivity index (χ3n) is 8.15. The summed E-state index contributed by atoms with van der Waals surface area (Å²) in [5.74, 6) is 1.25. The molecule has 3 atom stereocenters. The van der Waals surface area contributed by atoms with Gasteiger partial charge >= 0.3 is 0 Å². The Labute approximate surface area is 226 Å². The van der Waals surface area contributed by atoms with Crippen LogP contribution >= 0.6 is 0 Å². The highest BCUT2D eigenvalue weighted by Gasteiger charge is 2.39. The summed E-state index contributed by atoms with van der Waals surface area (Å²) in [6, 6.07) is 5.88. The Morgan fingerprint density at radius 1 is 1.29 bits per heavy atom. The summed E-state index contributed by atoms with van der Waals surface area (Å²) < 4.78 is 39.5. The third kappa shape index (κ3) is 7.21. The lowest BCUT2D eigenvalue weighted by Crippen LogP contribution is -2.50. The number of aromatic nitrogens is 1. The molecule has 0 radical (unpaired) electrons. The first kappa shape index (κ1) is 28.7. The van der Waals surface area contributed by atoms with E-state index < -0.39 is 12.0 Å². The molecule has 3 heterocycles. The van der Waals surface area contributed by atoms with Crippen LogP contribution < -0.4 is 0 Å². The minimum atomic E-state index is -2.37. The van der Waals surface area contributed by atoms with Crippen molar-refractivity contribution in [3.8, 4) is 0 Å². The van der Waals surface area contributed by atoms with Crippen molar-refractivity contribution in [2.45, 2.75) is 63.9 Å². The van der Waals surface area contributed by atoms with Crippen LogP contribution in [0.1, 0.15) is 57.6 Å². The SMILES string of the molecule is C=C(C1=CC(C)=C(OCCO)C(C)C1)N1CCCC2(CC1)CN(CC(F)F)CCC(c1ccccn1)CO2. The first-order valence-corrected chi connectivity index (χ1v) is 13.9. The van der Waals surface area contributed by atoms with Gasteiger partial charge in [0.1, 0.15) is 12.4 Å². The molecule has 2 fully saturated rings.